The average molecular weight is 242 g/mol. The predicted molar refractivity (Wildman–Crippen MR) is 67.6 cm³/mol. The predicted octanol–water partition coefficient (Wildman–Crippen LogP) is 3.17. The first-order valence-electron chi connectivity index (χ1n) is 5.55. The first-order chi connectivity index (χ1) is 8.76. The molecular formula is C14H11FN2O. The van der Waals surface area contributed by atoms with Crippen LogP contribution >= 0.6 is 0 Å². The van der Waals surface area contributed by atoms with Crippen LogP contribution in [0.4, 0.5) is 4.39 Å². The van der Waals surface area contributed by atoms with Gasteiger partial charge >= 0.3 is 0 Å². The highest BCUT2D eigenvalue weighted by atomic mass is 19.1. The molecule has 3 nitrogen and oxygen atoms in total. The van der Waals surface area contributed by atoms with Crippen molar-refractivity contribution in [2.24, 2.45) is 0 Å². The molecule has 0 saturated carbocycles. The van der Waals surface area contributed by atoms with Crippen LogP contribution in [0.3, 0.4) is 0 Å². The molecule has 0 unspecified atom stereocenters. The maximum absolute atomic E-state index is 13.1. The molecule has 0 N–H and O–H groups in total. The third-order valence-corrected chi connectivity index (χ3v) is 2.80. The van der Waals surface area contributed by atoms with Gasteiger partial charge in [0.05, 0.1) is 18.3 Å². The molecule has 0 aliphatic rings. The smallest absolute Gasteiger partial charge is 0.124 e. The van der Waals surface area contributed by atoms with Gasteiger partial charge in [-0.3, -0.25) is 0 Å². The number of aromatic nitrogens is 2. The molecule has 0 aliphatic heterocycles. The highest BCUT2D eigenvalue weighted by Gasteiger charge is 2.03. The molecule has 0 spiro atoms. The summed E-state index contributed by atoms with van der Waals surface area (Å²) in [4.78, 5) is 0. The quantitative estimate of drug-likeness (QED) is 0.690. The highest BCUT2D eigenvalue weighted by Crippen LogP contribution is 2.18. The van der Waals surface area contributed by atoms with Crippen molar-refractivity contribution in [3.8, 4) is 11.4 Å². The number of methoxy groups -OCH3 is 1. The summed E-state index contributed by atoms with van der Waals surface area (Å²) in [7, 11) is 1.62. The summed E-state index contributed by atoms with van der Waals surface area (Å²) in [6, 6.07) is 12.1. The molecule has 0 radical (unpaired) electrons. The Labute approximate surface area is 103 Å². The Morgan fingerprint density at radius 3 is 2.61 bits per heavy atom. The second-order valence-electron chi connectivity index (χ2n) is 3.97. The fraction of sp³-hybridized carbons (Fsp3) is 0.0714. The van der Waals surface area contributed by atoms with Gasteiger partial charge in [0.1, 0.15) is 11.6 Å². The Hall–Kier alpha value is -2.36. The van der Waals surface area contributed by atoms with Gasteiger partial charge in [0.15, 0.2) is 0 Å². The van der Waals surface area contributed by atoms with Crippen molar-refractivity contribution in [1.29, 1.82) is 0 Å². The van der Waals surface area contributed by atoms with Crippen molar-refractivity contribution in [2.45, 2.75) is 0 Å². The first kappa shape index (κ1) is 10.8. The molecule has 1 aromatic heterocycles. The standard InChI is InChI=1S/C14H11FN2O/c1-18-13-5-3-12(4-6-13)17-9-10-8-11(15)2-7-14(10)16-17/h2-9H,1H3. The van der Waals surface area contributed by atoms with E-state index >= 15 is 0 Å². The van der Waals surface area contributed by atoms with E-state index in [0.29, 0.717) is 0 Å². The molecule has 90 valence electrons. The molecule has 1 heterocycles. The molecule has 0 bridgehead atoms. The van der Waals surface area contributed by atoms with Gasteiger partial charge in [-0.1, -0.05) is 0 Å². The number of rotatable bonds is 2. The van der Waals surface area contributed by atoms with Crippen molar-refractivity contribution in [3.63, 3.8) is 0 Å². The van der Waals surface area contributed by atoms with Crippen LogP contribution in [0.2, 0.25) is 0 Å². The maximum Gasteiger partial charge on any atom is 0.124 e. The average Bonchev–Trinajstić information content (AvgIpc) is 2.81. The molecule has 0 fully saturated rings. The van der Waals surface area contributed by atoms with Crippen LogP contribution in [0.1, 0.15) is 0 Å². The van der Waals surface area contributed by atoms with Gasteiger partial charge in [-0.25, -0.2) is 9.07 Å². The molecule has 3 rings (SSSR count). The molecule has 3 aromatic rings. The van der Waals surface area contributed by atoms with Gasteiger partial charge in [0.25, 0.3) is 0 Å². The number of hydrogen-bond acceptors (Lipinski definition) is 2. The molecule has 0 saturated heterocycles. The Morgan fingerprint density at radius 2 is 1.89 bits per heavy atom. The summed E-state index contributed by atoms with van der Waals surface area (Å²) in [6.07, 6.45) is 1.81. The molecule has 0 aliphatic carbocycles. The Balaban J connectivity index is 2.07. The minimum absolute atomic E-state index is 0.253. The van der Waals surface area contributed by atoms with Gasteiger partial charge in [0.2, 0.25) is 0 Å². The van der Waals surface area contributed by atoms with Crippen LogP contribution in [-0.4, -0.2) is 16.9 Å². The Morgan fingerprint density at radius 1 is 1.11 bits per heavy atom. The lowest BCUT2D eigenvalue weighted by Crippen LogP contribution is -1.93. The van der Waals surface area contributed by atoms with E-state index in [1.165, 1.54) is 12.1 Å². The van der Waals surface area contributed by atoms with Crippen molar-refractivity contribution >= 4 is 10.9 Å². The first-order valence-corrected chi connectivity index (χ1v) is 5.55. The van der Waals surface area contributed by atoms with Crippen LogP contribution in [0.5, 0.6) is 5.75 Å². The van der Waals surface area contributed by atoms with Crippen molar-refractivity contribution in [1.82, 2.24) is 9.78 Å². The van der Waals surface area contributed by atoms with E-state index < -0.39 is 0 Å². The summed E-state index contributed by atoms with van der Waals surface area (Å²) >= 11 is 0. The molecule has 0 amide bonds. The van der Waals surface area contributed by atoms with E-state index in [1.807, 2.05) is 24.3 Å². The lowest BCUT2D eigenvalue weighted by Gasteiger charge is -2.02. The van der Waals surface area contributed by atoms with Crippen molar-refractivity contribution in [3.05, 3.63) is 54.5 Å². The van der Waals surface area contributed by atoms with Crippen molar-refractivity contribution in [2.75, 3.05) is 7.11 Å². The van der Waals surface area contributed by atoms with E-state index in [2.05, 4.69) is 5.10 Å². The zero-order valence-electron chi connectivity index (χ0n) is 9.80. The molecule has 2 aromatic carbocycles. The molecule has 4 heteroatoms. The van der Waals surface area contributed by atoms with Crippen LogP contribution in [0.25, 0.3) is 16.6 Å². The zero-order valence-corrected chi connectivity index (χ0v) is 9.80. The van der Waals surface area contributed by atoms with E-state index in [1.54, 1.807) is 24.1 Å². The van der Waals surface area contributed by atoms with Gasteiger partial charge in [-0.2, -0.15) is 5.10 Å². The van der Waals surface area contributed by atoms with Gasteiger partial charge in [0, 0.05) is 11.6 Å². The van der Waals surface area contributed by atoms with Crippen LogP contribution in [0.15, 0.2) is 48.7 Å². The third-order valence-electron chi connectivity index (χ3n) is 2.80. The van der Waals surface area contributed by atoms with Gasteiger partial charge in [-0.15, -0.1) is 0 Å². The fourth-order valence-corrected chi connectivity index (χ4v) is 1.86. The summed E-state index contributed by atoms with van der Waals surface area (Å²) in [5, 5.41) is 5.17. The second-order valence-corrected chi connectivity index (χ2v) is 3.97. The third kappa shape index (κ3) is 1.82. The topological polar surface area (TPSA) is 27.1 Å². The lowest BCUT2D eigenvalue weighted by atomic mass is 10.2. The summed E-state index contributed by atoms with van der Waals surface area (Å²) in [5.41, 5.74) is 1.68. The van der Waals surface area contributed by atoms with Gasteiger partial charge in [-0.05, 0) is 42.5 Å². The fourth-order valence-electron chi connectivity index (χ4n) is 1.86. The largest absolute Gasteiger partial charge is 0.497 e. The van der Waals surface area contributed by atoms with E-state index in [9.17, 15) is 4.39 Å². The van der Waals surface area contributed by atoms with Crippen LogP contribution < -0.4 is 4.74 Å². The van der Waals surface area contributed by atoms with E-state index in [-0.39, 0.29) is 5.82 Å². The number of hydrogen-bond donors (Lipinski definition) is 0. The number of nitrogens with zero attached hydrogens (tertiary/aromatic N) is 2. The number of benzene rings is 2. The maximum atomic E-state index is 13.1. The number of ether oxygens (including phenoxy) is 1. The van der Waals surface area contributed by atoms with Crippen LogP contribution in [-0.2, 0) is 0 Å². The molecular weight excluding hydrogens is 231 g/mol. The van der Waals surface area contributed by atoms with Gasteiger partial charge < -0.3 is 4.74 Å². The number of halogens is 1. The minimum Gasteiger partial charge on any atom is -0.497 e. The Bertz CT molecular complexity index is 689. The normalized spacial score (nSPS) is 10.8. The Kier molecular flexibility index (Phi) is 2.48. The van der Waals surface area contributed by atoms with Crippen LogP contribution in [0, 0.1) is 5.82 Å². The van der Waals surface area contributed by atoms with E-state index in [4.69, 9.17) is 4.74 Å². The number of fused-ring (bicyclic) bond motifs is 1. The lowest BCUT2D eigenvalue weighted by molar-refractivity contribution is 0.414. The summed E-state index contributed by atoms with van der Waals surface area (Å²) < 4.78 is 19.9. The second kappa shape index (κ2) is 4.14. The monoisotopic (exact) mass is 242 g/mol. The zero-order chi connectivity index (χ0) is 12.5. The SMILES string of the molecule is COc1ccc(-n2cc3cc(F)ccc3n2)cc1. The van der Waals surface area contributed by atoms with E-state index in [0.717, 1.165) is 22.3 Å². The minimum atomic E-state index is -0.253. The molecule has 18 heavy (non-hydrogen) atoms. The summed E-state index contributed by atoms with van der Waals surface area (Å²) in [6.45, 7) is 0. The molecule has 0 atom stereocenters. The highest BCUT2D eigenvalue weighted by molar-refractivity contribution is 5.78. The van der Waals surface area contributed by atoms with Crippen molar-refractivity contribution < 1.29 is 9.13 Å². The summed E-state index contributed by atoms with van der Waals surface area (Å²) in [5.74, 6) is 0.540.